The molecule has 1 atom stereocenters. The number of methoxy groups -OCH3 is 1. The molecule has 7 heteroatoms. The van der Waals surface area contributed by atoms with Crippen LogP contribution in [0.15, 0.2) is 48.5 Å². The third-order valence-electron chi connectivity index (χ3n) is 5.10. The van der Waals surface area contributed by atoms with Crippen LogP contribution in [0.3, 0.4) is 0 Å². The zero-order valence-corrected chi connectivity index (χ0v) is 18.4. The van der Waals surface area contributed by atoms with Crippen LogP contribution in [-0.2, 0) is 18.2 Å². The standard InChI is InChI=1S/C24H27N3O4/c1-6-17-8-7-9-20(14-17)31-23-21(16(3)26-27(23)4)22(28)25-15(2)18-10-12-19(13-11-18)24(29)30-5/h7-15H,6H2,1-5H3,(H,25,28). The van der Waals surface area contributed by atoms with Crippen LogP contribution in [0.25, 0.3) is 0 Å². The van der Waals surface area contributed by atoms with Gasteiger partial charge >= 0.3 is 5.97 Å². The monoisotopic (exact) mass is 421 g/mol. The molecule has 1 unspecified atom stereocenters. The lowest BCUT2D eigenvalue weighted by Gasteiger charge is -2.16. The maximum absolute atomic E-state index is 13.1. The number of amides is 1. The lowest BCUT2D eigenvalue weighted by molar-refractivity contribution is 0.0600. The SMILES string of the molecule is CCc1cccc(Oc2c(C(=O)NC(C)c3ccc(C(=O)OC)cc3)c(C)nn2C)c1. The number of carbonyl (C=O) groups excluding carboxylic acids is 2. The van der Waals surface area contributed by atoms with E-state index in [0.717, 1.165) is 17.5 Å². The summed E-state index contributed by atoms with van der Waals surface area (Å²) in [5.41, 5.74) is 3.43. The molecule has 0 spiro atoms. The van der Waals surface area contributed by atoms with Crippen molar-refractivity contribution < 1.29 is 19.1 Å². The van der Waals surface area contributed by atoms with Crippen LogP contribution in [0.2, 0.25) is 0 Å². The number of rotatable bonds is 7. The maximum Gasteiger partial charge on any atom is 0.337 e. The van der Waals surface area contributed by atoms with Crippen molar-refractivity contribution in [2.75, 3.05) is 7.11 Å². The molecule has 1 heterocycles. The average Bonchev–Trinajstić information content (AvgIpc) is 3.05. The summed E-state index contributed by atoms with van der Waals surface area (Å²) in [5, 5.41) is 7.36. The van der Waals surface area contributed by atoms with Crippen molar-refractivity contribution in [3.05, 3.63) is 76.5 Å². The molecule has 1 aromatic heterocycles. The molecule has 0 fully saturated rings. The van der Waals surface area contributed by atoms with E-state index in [4.69, 9.17) is 9.47 Å². The molecule has 0 bridgehead atoms. The van der Waals surface area contributed by atoms with Gasteiger partial charge in [0.2, 0.25) is 5.88 Å². The van der Waals surface area contributed by atoms with Crippen molar-refractivity contribution in [3.8, 4) is 11.6 Å². The summed E-state index contributed by atoms with van der Waals surface area (Å²) in [6, 6.07) is 14.4. The first-order valence-corrected chi connectivity index (χ1v) is 10.1. The second kappa shape index (κ2) is 9.47. The highest BCUT2D eigenvalue weighted by Gasteiger charge is 2.24. The minimum absolute atomic E-state index is 0.281. The van der Waals surface area contributed by atoms with Gasteiger partial charge in [-0.15, -0.1) is 0 Å². The van der Waals surface area contributed by atoms with Gasteiger partial charge in [-0.05, 0) is 55.7 Å². The fourth-order valence-corrected chi connectivity index (χ4v) is 3.33. The van der Waals surface area contributed by atoms with Gasteiger partial charge in [0.15, 0.2) is 0 Å². The Hall–Kier alpha value is -3.61. The van der Waals surface area contributed by atoms with Crippen LogP contribution >= 0.6 is 0 Å². The van der Waals surface area contributed by atoms with Crippen molar-refractivity contribution in [2.24, 2.45) is 7.05 Å². The molecule has 0 aliphatic carbocycles. The largest absolute Gasteiger partial charge is 0.465 e. The quantitative estimate of drug-likeness (QED) is 0.573. The van der Waals surface area contributed by atoms with Crippen molar-refractivity contribution in [1.29, 1.82) is 0 Å². The number of nitrogens with one attached hydrogen (secondary N) is 1. The summed E-state index contributed by atoms with van der Waals surface area (Å²) in [5.74, 6) is 0.360. The van der Waals surface area contributed by atoms with E-state index in [2.05, 4.69) is 17.3 Å². The van der Waals surface area contributed by atoms with Crippen molar-refractivity contribution in [3.63, 3.8) is 0 Å². The van der Waals surface area contributed by atoms with E-state index < -0.39 is 5.97 Å². The molecular formula is C24H27N3O4. The highest BCUT2D eigenvalue weighted by atomic mass is 16.5. The number of benzene rings is 2. The first kappa shape index (κ1) is 22.1. The van der Waals surface area contributed by atoms with Crippen LogP contribution in [0.4, 0.5) is 0 Å². The summed E-state index contributed by atoms with van der Waals surface area (Å²) in [6.45, 7) is 5.73. The van der Waals surface area contributed by atoms with Gasteiger partial charge < -0.3 is 14.8 Å². The van der Waals surface area contributed by atoms with E-state index in [0.29, 0.717) is 28.5 Å². The molecule has 2 aromatic carbocycles. The Morgan fingerprint density at radius 3 is 2.52 bits per heavy atom. The first-order chi connectivity index (χ1) is 14.8. The van der Waals surface area contributed by atoms with Gasteiger partial charge in [0, 0.05) is 7.05 Å². The minimum atomic E-state index is -0.400. The molecule has 0 saturated carbocycles. The van der Waals surface area contributed by atoms with Gasteiger partial charge in [0.25, 0.3) is 5.91 Å². The highest BCUT2D eigenvalue weighted by Crippen LogP contribution is 2.28. The predicted octanol–water partition coefficient (Wildman–Crippen LogP) is 4.36. The minimum Gasteiger partial charge on any atom is -0.465 e. The fraction of sp³-hybridized carbons (Fsp3) is 0.292. The van der Waals surface area contributed by atoms with Gasteiger partial charge in [-0.3, -0.25) is 4.79 Å². The molecule has 7 nitrogen and oxygen atoms in total. The lowest BCUT2D eigenvalue weighted by atomic mass is 10.1. The van der Waals surface area contributed by atoms with Crippen molar-refractivity contribution in [2.45, 2.75) is 33.2 Å². The van der Waals surface area contributed by atoms with Crippen LogP contribution in [-0.4, -0.2) is 28.8 Å². The summed E-state index contributed by atoms with van der Waals surface area (Å²) in [4.78, 5) is 24.7. The Bertz CT molecular complexity index is 1090. The topological polar surface area (TPSA) is 82.4 Å². The molecular weight excluding hydrogens is 394 g/mol. The summed E-state index contributed by atoms with van der Waals surface area (Å²) < 4.78 is 12.3. The van der Waals surface area contributed by atoms with Crippen LogP contribution in [0.5, 0.6) is 11.6 Å². The third-order valence-corrected chi connectivity index (χ3v) is 5.10. The Labute approximate surface area is 182 Å². The molecule has 162 valence electrons. The zero-order valence-electron chi connectivity index (χ0n) is 18.4. The molecule has 0 aliphatic heterocycles. The van der Waals surface area contributed by atoms with E-state index >= 15 is 0 Å². The number of aryl methyl sites for hydroxylation is 3. The van der Waals surface area contributed by atoms with Crippen LogP contribution in [0, 0.1) is 6.92 Å². The Balaban J connectivity index is 1.80. The van der Waals surface area contributed by atoms with Crippen LogP contribution in [0.1, 0.15) is 57.4 Å². The second-order valence-electron chi connectivity index (χ2n) is 7.30. The molecule has 0 radical (unpaired) electrons. The van der Waals surface area contributed by atoms with Crippen molar-refractivity contribution >= 4 is 11.9 Å². The van der Waals surface area contributed by atoms with E-state index in [-0.39, 0.29) is 11.9 Å². The molecule has 0 saturated heterocycles. The molecule has 1 amide bonds. The predicted molar refractivity (Wildman–Crippen MR) is 118 cm³/mol. The summed E-state index contributed by atoms with van der Waals surface area (Å²) >= 11 is 0. The van der Waals surface area contributed by atoms with E-state index in [1.165, 1.54) is 7.11 Å². The molecule has 0 aliphatic rings. The lowest BCUT2D eigenvalue weighted by Crippen LogP contribution is -2.27. The maximum atomic E-state index is 13.1. The fourth-order valence-electron chi connectivity index (χ4n) is 3.33. The number of esters is 1. The van der Waals surface area contributed by atoms with Crippen LogP contribution < -0.4 is 10.1 Å². The highest BCUT2D eigenvalue weighted by molar-refractivity contribution is 5.98. The number of nitrogens with zero attached hydrogens (tertiary/aromatic N) is 2. The molecule has 1 N–H and O–H groups in total. The van der Waals surface area contributed by atoms with E-state index in [9.17, 15) is 9.59 Å². The van der Waals surface area contributed by atoms with Gasteiger partial charge in [-0.1, -0.05) is 31.2 Å². The number of hydrogen-bond acceptors (Lipinski definition) is 5. The normalized spacial score (nSPS) is 11.6. The Kier molecular flexibility index (Phi) is 6.74. The molecule has 31 heavy (non-hydrogen) atoms. The Morgan fingerprint density at radius 1 is 1.16 bits per heavy atom. The van der Waals surface area contributed by atoms with E-state index in [1.54, 1.807) is 42.9 Å². The first-order valence-electron chi connectivity index (χ1n) is 10.1. The van der Waals surface area contributed by atoms with Gasteiger partial charge in [0.1, 0.15) is 11.3 Å². The molecule has 3 aromatic rings. The molecule has 3 rings (SSSR count). The smallest absolute Gasteiger partial charge is 0.337 e. The van der Waals surface area contributed by atoms with Gasteiger partial charge in [-0.2, -0.15) is 5.10 Å². The number of carbonyl (C=O) groups is 2. The van der Waals surface area contributed by atoms with Gasteiger partial charge in [-0.25, -0.2) is 9.48 Å². The average molecular weight is 421 g/mol. The number of ether oxygens (including phenoxy) is 2. The summed E-state index contributed by atoms with van der Waals surface area (Å²) in [7, 11) is 3.09. The summed E-state index contributed by atoms with van der Waals surface area (Å²) in [6.07, 6.45) is 0.890. The van der Waals surface area contributed by atoms with Gasteiger partial charge in [0.05, 0.1) is 24.4 Å². The van der Waals surface area contributed by atoms with E-state index in [1.807, 2.05) is 31.2 Å². The number of hydrogen-bond donors (Lipinski definition) is 1. The Morgan fingerprint density at radius 2 is 1.87 bits per heavy atom. The van der Waals surface area contributed by atoms with Crippen molar-refractivity contribution in [1.82, 2.24) is 15.1 Å². The zero-order chi connectivity index (χ0) is 22.5. The third kappa shape index (κ3) is 4.94. The number of aromatic nitrogens is 2. The second-order valence-corrected chi connectivity index (χ2v) is 7.30.